The minimum atomic E-state index is -4.44. The number of anilines is 2. The summed E-state index contributed by atoms with van der Waals surface area (Å²) < 4.78 is 43.4. The first-order valence-corrected chi connectivity index (χ1v) is 7.37. The number of nitrogens with zero attached hydrogens (tertiary/aromatic N) is 5. The number of piperazine rings is 1. The standard InChI is InChI=1S/C15H16F3N5O/c1-24-14-10-19-9-13(21-14)23-7-5-22(6-8-23)12-4-2-3-11(20-12)15(16,17)18/h2-4,9-10H,5-8H2,1H3. The van der Waals surface area contributed by atoms with E-state index in [0.717, 1.165) is 6.07 Å². The Balaban J connectivity index is 1.69. The maximum absolute atomic E-state index is 12.8. The van der Waals surface area contributed by atoms with E-state index in [2.05, 4.69) is 15.0 Å². The summed E-state index contributed by atoms with van der Waals surface area (Å²) in [4.78, 5) is 16.0. The van der Waals surface area contributed by atoms with Crippen molar-refractivity contribution >= 4 is 11.6 Å². The van der Waals surface area contributed by atoms with E-state index in [9.17, 15) is 13.2 Å². The molecule has 3 heterocycles. The van der Waals surface area contributed by atoms with Crippen LogP contribution in [0.25, 0.3) is 0 Å². The van der Waals surface area contributed by atoms with Crippen LogP contribution in [-0.4, -0.2) is 48.2 Å². The largest absolute Gasteiger partial charge is 0.480 e. The molecule has 0 spiro atoms. The van der Waals surface area contributed by atoms with Gasteiger partial charge in [-0.2, -0.15) is 18.2 Å². The van der Waals surface area contributed by atoms with Gasteiger partial charge in [-0.25, -0.2) is 4.98 Å². The first-order chi connectivity index (χ1) is 11.5. The van der Waals surface area contributed by atoms with E-state index in [1.54, 1.807) is 12.3 Å². The van der Waals surface area contributed by atoms with E-state index < -0.39 is 11.9 Å². The third-order valence-corrected chi connectivity index (χ3v) is 3.76. The van der Waals surface area contributed by atoms with Gasteiger partial charge < -0.3 is 14.5 Å². The maximum Gasteiger partial charge on any atom is 0.433 e. The van der Waals surface area contributed by atoms with Crippen molar-refractivity contribution < 1.29 is 17.9 Å². The predicted molar refractivity (Wildman–Crippen MR) is 82.2 cm³/mol. The molecule has 0 atom stereocenters. The lowest BCUT2D eigenvalue weighted by Crippen LogP contribution is -2.47. The van der Waals surface area contributed by atoms with Gasteiger partial charge in [0.25, 0.3) is 0 Å². The van der Waals surface area contributed by atoms with E-state index in [-0.39, 0.29) is 0 Å². The van der Waals surface area contributed by atoms with Crippen LogP contribution >= 0.6 is 0 Å². The van der Waals surface area contributed by atoms with Gasteiger partial charge in [0.1, 0.15) is 11.5 Å². The summed E-state index contributed by atoms with van der Waals surface area (Å²) in [5.74, 6) is 1.45. The molecule has 0 bridgehead atoms. The summed E-state index contributed by atoms with van der Waals surface area (Å²) in [7, 11) is 1.52. The lowest BCUT2D eigenvalue weighted by Gasteiger charge is -2.36. The fourth-order valence-electron chi connectivity index (χ4n) is 2.51. The highest BCUT2D eigenvalue weighted by atomic mass is 19.4. The average molecular weight is 339 g/mol. The van der Waals surface area contributed by atoms with Gasteiger partial charge >= 0.3 is 6.18 Å². The van der Waals surface area contributed by atoms with E-state index in [1.807, 2.05) is 9.80 Å². The summed E-state index contributed by atoms with van der Waals surface area (Å²) in [5, 5.41) is 0. The van der Waals surface area contributed by atoms with Gasteiger partial charge in [0, 0.05) is 26.2 Å². The van der Waals surface area contributed by atoms with Crippen LogP contribution in [0.3, 0.4) is 0 Å². The van der Waals surface area contributed by atoms with Crippen molar-refractivity contribution in [3.8, 4) is 5.88 Å². The average Bonchev–Trinajstić information content (AvgIpc) is 2.61. The first-order valence-electron chi connectivity index (χ1n) is 7.37. The Hall–Kier alpha value is -2.58. The van der Waals surface area contributed by atoms with Crippen molar-refractivity contribution in [1.82, 2.24) is 15.0 Å². The fourth-order valence-corrected chi connectivity index (χ4v) is 2.51. The highest BCUT2D eigenvalue weighted by Gasteiger charge is 2.33. The summed E-state index contributed by atoms with van der Waals surface area (Å²) in [6.07, 6.45) is -1.28. The van der Waals surface area contributed by atoms with Gasteiger partial charge in [-0.1, -0.05) is 6.07 Å². The Kier molecular flexibility index (Phi) is 4.41. The van der Waals surface area contributed by atoms with Gasteiger partial charge in [0.2, 0.25) is 5.88 Å². The number of aromatic nitrogens is 3. The summed E-state index contributed by atoms with van der Waals surface area (Å²) >= 11 is 0. The zero-order valence-corrected chi connectivity index (χ0v) is 13.0. The fraction of sp³-hybridized carbons (Fsp3) is 0.400. The van der Waals surface area contributed by atoms with Crippen LogP contribution in [0.4, 0.5) is 24.8 Å². The Bertz CT molecular complexity index is 702. The monoisotopic (exact) mass is 339 g/mol. The molecule has 24 heavy (non-hydrogen) atoms. The van der Waals surface area contributed by atoms with Gasteiger partial charge in [0.15, 0.2) is 5.82 Å². The van der Waals surface area contributed by atoms with Crippen molar-refractivity contribution in [3.05, 3.63) is 36.3 Å². The highest BCUT2D eigenvalue weighted by Crippen LogP contribution is 2.29. The van der Waals surface area contributed by atoms with Crippen molar-refractivity contribution in [2.45, 2.75) is 6.18 Å². The molecule has 1 aliphatic heterocycles. The molecular formula is C15H16F3N5O. The van der Waals surface area contributed by atoms with E-state index in [1.165, 1.54) is 19.4 Å². The molecule has 3 rings (SSSR count). The number of pyridine rings is 1. The van der Waals surface area contributed by atoms with Crippen LogP contribution in [0.1, 0.15) is 5.69 Å². The Labute approximate surface area is 136 Å². The number of ether oxygens (including phenoxy) is 1. The molecule has 9 heteroatoms. The van der Waals surface area contributed by atoms with Crippen LogP contribution in [0, 0.1) is 0 Å². The second-order valence-electron chi connectivity index (χ2n) is 5.27. The normalized spacial score (nSPS) is 15.5. The van der Waals surface area contributed by atoms with Crippen LogP contribution in [0.2, 0.25) is 0 Å². The van der Waals surface area contributed by atoms with Crippen molar-refractivity contribution in [2.24, 2.45) is 0 Å². The van der Waals surface area contributed by atoms with E-state index in [4.69, 9.17) is 4.74 Å². The molecule has 0 saturated carbocycles. The van der Waals surface area contributed by atoms with Gasteiger partial charge in [-0.05, 0) is 12.1 Å². The minimum Gasteiger partial charge on any atom is -0.480 e. The molecule has 2 aromatic rings. The molecule has 1 fully saturated rings. The van der Waals surface area contributed by atoms with Crippen LogP contribution in [0.15, 0.2) is 30.6 Å². The SMILES string of the molecule is COc1cncc(N2CCN(c3cccc(C(F)(F)F)n3)CC2)n1. The summed E-state index contributed by atoms with van der Waals surface area (Å²) in [6.45, 7) is 2.32. The van der Waals surface area contributed by atoms with Crippen molar-refractivity contribution in [2.75, 3.05) is 43.1 Å². The molecule has 6 nitrogen and oxygen atoms in total. The smallest absolute Gasteiger partial charge is 0.433 e. The molecule has 2 aromatic heterocycles. The molecule has 128 valence electrons. The second kappa shape index (κ2) is 6.50. The zero-order valence-electron chi connectivity index (χ0n) is 13.0. The molecule has 0 N–H and O–H groups in total. The summed E-state index contributed by atoms with van der Waals surface area (Å²) in [6, 6.07) is 3.95. The topological polar surface area (TPSA) is 54.4 Å². The maximum atomic E-state index is 12.8. The minimum absolute atomic E-state index is 0.334. The Morgan fingerprint density at radius 3 is 2.25 bits per heavy atom. The van der Waals surface area contributed by atoms with Crippen LogP contribution < -0.4 is 14.5 Å². The second-order valence-corrected chi connectivity index (χ2v) is 5.27. The molecule has 0 unspecified atom stereocenters. The summed E-state index contributed by atoms with van der Waals surface area (Å²) in [5.41, 5.74) is -0.874. The molecular weight excluding hydrogens is 323 g/mol. The van der Waals surface area contributed by atoms with Gasteiger partial charge in [0.05, 0.1) is 19.5 Å². The number of methoxy groups -OCH3 is 1. The molecule has 0 aliphatic carbocycles. The number of rotatable bonds is 3. The van der Waals surface area contributed by atoms with E-state index in [0.29, 0.717) is 43.7 Å². The van der Waals surface area contributed by atoms with Gasteiger partial charge in [-0.3, -0.25) is 4.98 Å². The zero-order chi connectivity index (χ0) is 17.2. The number of hydrogen-bond donors (Lipinski definition) is 0. The molecule has 1 aliphatic rings. The van der Waals surface area contributed by atoms with Crippen molar-refractivity contribution in [3.63, 3.8) is 0 Å². The quantitative estimate of drug-likeness (QED) is 0.855. The van der Waals surface area contributed by atoms with Crippen LogP contribution in [-0.2, 0) is 6.18 Å². The molecule has 1 saturated heterocycles. The molecule has 0 radical (unpaired) electrons. The number of halogens is 3. The number of hydrogen-bond acceptors (Lipinski definition) is 6. The lowest BCUT2D eigenvalue weighted by molar-refractivity contribution is -0.141. The number of alkyl halides is 3. The Morgan fingerprint density at radius 1 is 0.958 bits per heavy atom. The third kappa shape index (κ3) is 3.50. The van der Waals surface area contributed by atoms with Crippen molar-refractivity contribution in [1.29, 1.82) is 0 Å². The predicted octanol–water partition coefficient (Wildman–Crippen LogP) is 2.23. The van der Waals surface area contributed by atoms with E-state index >= 15 is 0 Å². The highest BCUT2D eigenvalue weighted by molar-refractivity contribution is 5.45. The van der Waals surface area contributed by atoms with Crippen LogP contribution in [0.5, 0.6) is 5.88 Å². The lowest BCUT2D eigenvalue weighted by atomic mass is 10.3. The van der Waals surface area contributed by atoms with Gasteiger partial charge in [-0.15, -0.1) is 0 Å². The molecule has 0 amide bonds. The molecule has 0 aromatic carbocycles. The third-order valence-electron chi connectivity index (χ3n) is 3.76. The first kappa shape index (κ1) is 16.3. The Morgan fingerprint density at radius 2 is 1.62 bits per heavy atom.